The third-order valence-corrected chi connectivity index (χ3v) is 4.06. The standard InChI is InChI=1S/C13H21F3N2OS/c1-5-7-17-8-9-10(13(14,15)16)18-11(20-9)12(3,4)19-6-2/h17H,5-8H2,1-4H3. The summed E-state index contributed by atoms with van der Waals surface area (Å²) >= 11 is 1.07. The van der Waals surface area contributed by atoms with Gasteiger partial charge in [0.15, 0.2) is 5.69 Å². The molecule has 0 saturated heterocycles. The normalized spacial score (nSPS) is 12.9. The molecular formula is C13H21F3N2OS. The van der Waals surface area contributed by atoms with E-state index in [0.717, 1.165) is 17.8 Å². The van der Waals surface area contributed by atoms with E-state index in [2.05, 4.69) is 10.3 Å². The maximum atomic E-state index is 13.0. The number of hydrogen-bond donors (Lipinski definition) is 1. The largest absolute Gasteiger partial charge is 0.434 e. The second-order valence-corrected chi connectivity index (χ2v) is 5.99. The maximum absolute atomic E-state index is 13.0. The number of rotatable bonds is 7. The van der Waals surface area contributed by atoms with E-state index in [0.29, 0.717) is 18.2 Å². The highest BCUT2D eigenvalue weighted by Gasteiger charge is 2.39. The van der Waals surface area contributed by atoms with E-state index in [-0.39, 0.29) is 11.4 Å². The predicted octanol–water partition coefficient (Wildman–Crippen LogP) is 3.93. The van der Waals surface area contributed by atoms with Crippen LogP contribution in [0.2, 0.25) is 0 Å². The van der Waals surface area contributed by atoms with Gasteiger partial charge in [0.1, 0.15) is 10.6 Å². The van der Waals surface area contributed by atoms with Crippen molar-refractivity contribution >= 4 is 11.3 Å². The smallest absolute Gasteiger partial charge is 0.369 e. The van der Waals surface area contributed by atoms with Gasteiger partial charge in [0.05, 0.1) is 4.88 Å². The van der Waals surface area contributed by atoms with Crippen LogP contribution in [0, 0.1) is 0 Å². The van der Waals surface area contributed by atoms with E-state index in [9.17, 15) is 13.2 Å². The minimum Gasteiger partial charge on any atom is -0.369 e. The van der Waals surface area contributed by atoms with Crippen LogP contribution in [-0.4, -0.2) is 18.1 Å². The summed E-state index contributed by atoms with van der Waals surface area (Å²) in [6, 6.07) is 0. The summed E-state index contributed by atoms with van der Waals surface area (Å²) in [6.45, 7) is 8.54. The first-order chi connectivity index (χ1) is 9.22. The number of hydrogen-bond acceptors (Lipinski definition) is 4. The molecule has 0 fully saturated rings. The molecule has 7 heteroatoms. The van der Waals surface area contributed by atoms with Crippen LogP contribution in [0.3, 0.4) is 0 Å². The van der Waals surface area contributed by atoms with Crippen LogP contribution in [0.1, 0.15) is 49.7 Å². The van der Waals surface area contributed by atoms with Gasteiger partial charge in [-0.15, -0.1) is 11.3 Å². The van der Waals surface area contributed by atoms with Crippen LogP contribution in [0.4, 0.5) is 13.2 Å². The molecular weight excluding hydrogens is 289 g/mol. The molecule has 0 aliphatic heterocycles. The lowest BCUT2D eigenvalue weighted by Crippen LogP contribution is -2.21. The molecule has 1 aromatic heterocycles. The van der Waals surface area contributed by atoms with Crippen LogP contribution in [0.25, 0.3) is 0 Å². The fourth-order valence-corrected chi connectivity index (χ4v) is 2.86. The van der Waals surface area contributed by atoms with Gasteiger partial charge < -0.3 is 10.1 Å². The molecule has 0 atom stereocenters. The van der Waals surface area contributed by atoms with E-state index in [4.69, 9.17) is 4.74 Å². The highest BCUT2D eigenvalue weighted by atomic mass is 32.1. The van der Waals surface area contributed by atoms with Crippen LogP contribution in [-0.2, 0) is 23.1 Å². The summed E-state index contributed by atoms with van der Waals surface area (Å²) in [7, 11) is 0. The topological polar surface area (TPSA) is 34.1 Å². The van der Waals surface area contributed by atoms with Gasteiger partial charge in [-0.05, 0) is 33.7 Å². The molecule has 0 saturated carbocycles. The molecule has 0 unspecified atom stereocenters. The van der Waals surface area contributed by atoms with Crippen LogP contribution in [0.5, 0.6) is 0 Å². The Hall–Kier alpha value is -0.660. The van der Waals surface area contributed by atoms with Crippen LogP contribution < -0.4 is 5.32 Å². The summed E-state index contributed by atoms with van der Waals surface area (Å²) in [5.74, 6) is 0. The van der Waals surface area contributed by atoms with Gasteiger partial charge in [0.25, 0.3) is 0 Å². The summed E-state index contributed by atoms with van der Waals surface area (Å²) < 4.78 is 44.5. The van der Waals surface area contributed by atoms with Gasteiger partial charge in [0.2, 0.25) is 0 Å². The molecule has 0 aromatic carbocycles. The minimum absolute atomic E-state index is 0.183. The number of ether oxygens (including phenoxy) is 1. The summed E-state index contributed by atoms with van der Waals surface area (Å²) in [5, 5.41) is 3.35. The van der Waals surface area contributed by atoms with Crippen molar-refractivity contribution < 1.29 is 17.9 Å². The Morgan fingerprint density at radius 2 is 1.90 bits per heavy atom. The first-order valence-corrected chi connectivity index (χ1v) is 7.46. The molecule has 1 heterocycles. The van der Waals surface area contributed by atoms with Crippen molar-refractivity contribution in [2.75, 3.05) is 13.2 Å². The number of thiazole rings is 1. The maximum Gasteiger partial charge on any atom is 0.434 e. The Morgan fingerprint density at radius 1 is 1.25 bits per heavy atom. The summed E-state index contributed by atoms with van der Waals surface area (Å²) in [4.78, 5) is 4.00. The lowest BCUT2D eigenvalue weighted by atomic mass is 10.1. The molecule has 1 aromatic rings. The van der Waals surface area contributed by atoms with Crippen LogP contribution in [0.15, 0.2) is 0 Å². The molecule has 0 spiro atoms. The number of alkyl halides is 3. The summed E-state index contributed by atoms with van der Waals surface area (Å²) in [5.41, 5.74) is -1.60. The quantitative estimate of drug-likeness (QED) is 0.775. The number of nitrogens with zero attached hydrogens (tertiary/aromatic N) is 1. The van der Waals surface area contributed by atoms with Gasteiger partial charge in [-0.3, -0.25) is 0 Å². The average Bonchev–Trinajstić information content (AvgIpc) is 2.74. The minimum atomic E-state index is -4.43. The zero-order valence-corrected chi connectivity index (χ0v) is 13.0. The Kier molecular flexibility index (Phi) is 5.97. The number of nitrogens with one attached hydrogen (secondary N) is 1. The first-order valence-electron chi connectivity index (χ1n) is 6.64. The molecule has 3 nitrogen and oxygen atoms in total. The first kappa shape index (κ1) is 17.4. The Labute approximate surface area is 121 Å². The van der Waals surface area contributed by atoms with E-state index in [1.54, 1.807) is 13.8 Å². The van der Waals surface area contributed by atoms with E-state index < -0.39 is 17.5 Å². The molecule has 20 heavy (non-hydrogen) atoms. The van der Waals surface area contributed by atoms with Crippen molar-refractivity contribution in [3.8, 4) is 0 Å². The molecule has 0 radical (unpaired) electrons. The molecule has 1 rings (SSSR count). The van der Waals surface area contributed by atoms with Crippen molar-refractivity contribution in [3.05, 3.63) is 15.6 Å². The van der Waals surface area contributed by atoms with Crippen molar-refractivity contribution in [2.45, 2.75) is 52.4 Å². The zero-order valence-electron chi connectivity index (χ0n) is 12.2. The lowest BCUT2D eigenvalue weighted by Gasteiger charge is -2.21. The van der Waals surface area contributed by atoms with Gasteiger partial charge in [-0.25, -0.2) is 4.98 Å². The zero-order chi connectivity index (χ0) is 15.4. The van der Waals surface area contributed by atoms with E-state index >= 15 is 0 Å². The molecule has 0 aliphatic carbocycles. The molecule has 0 bridgehead atoms. The third-order valence-electron chi connectivity index (χ3n) is 2.70. The fraction of sp³-hybridized carbons (Fsp3) is 0.769. The SMILES string of the molecule is CCCNCc1sc(C(C)(C)OCC)nc1C(F)(F)F. The average molecular weight is 310 g/mol. The van der Waals surface area contributed by atoms with Crippen molar-refractivity contribution in [1.29, 1.82) is 0 Å². The monoisotopic (exact) mass is 310 g/mol. The molecule has 0 aliphatic rings. The van der Waals surface area contributed by atoms with Gasteiger partial charge in [-0.1, -0.05) is 6.92 Å². The highest BCUT2D eigenvalue weighted by Crippen LogP contribution is 2.38. The second-order valence-electron chi connectivity index (χ2n) is 4.91. The predicted molar refractivity (Wildman–Crippen MR) is 73.8 cm³/mol. The Bertz CT molecular complexity index is 430. The highest BCUT2D eigenvalue weighted by molar-refractivity contribution is 7.11. The number of halogens is 3. The van der Waals surface area contributed by atoms with Gasteiger partial charge in [-0.2, -0.15) is 13.2 Å². The van der Waals surface area contributed by atoms with Crippen molar-refractivity contribution in [3.63, 3.8) is 0 Å². The fourth-order valence-electron chi connectivity index (χ4n) is 1.75. The Morgan fingerprint density at radius 3 is 2.40 bits per heavy atom. The number of aromatic nitrogens is 1. The van der Waals surface area contributed by atoms with Crippen LogP contribution >= 0.6 is 11.3 Å². The van der Waals surface area contributed by atoms with E-state index in [1.165, 1.54) is 0 Å². The van der Waals surface area contributed by atoms with Gasteiger partial charge in [0, 0.05) is 13.2 Å². The molecule has 1 N–H and O–H groups in total. The van der Waals surface area contributed by atoms with Crippen molar-refractivity contribution in [2.24, 2.45) is 0 Å². The van der Waals surface area contributed by atoms with Gasteiger partial charge >= 0.3 is 6.18 Å². The third kappa shape index (κ3) is 4.43. The molecule has 116 valence electrons. The van der Waals surface area contributed by atoms with E-state index in [1.807, 2.05) is 13.8 Å². The summed E-state index contributed by atoms with van der Waals surface area (Å²) in [6.07, 6.45) is -3.56. The lowest BCUT2D eigenvalue weighted by molar-refractivity contribution is -0.141. The van der Waals surface area contributed by atoms with Crippen molar-refractivity contribution in [1.82, 2.24) is 10.3 Å². The second kappa shape index (κ2) is 6.87. The molecule has 0 amide bonds. The Balaban J connectivity index is 3.05.